The standard InChI is InChI=1S/C12H27N3S/c1-4-6-9-14-12(13-5-2)15-10-7-8-11-16-3/h4-11H2,1-3H3,(H2,13,14,15). The van der Waals surface area contributed by atoms with Gasteiger partial charge in [-0.2, -0.15) is 11.8 Å². The van der Waals surface area contributed by atoms with E-state index in [-0.39, 0.29) is 0 Å². The quantitative estimate of drug-likeness (QED) is 0.372. The third kappa shape index (κ3) is 10.1. The maximum absolute atomic E-state index is 4.54. The Balaban J connectivity index is 3.66. The van der Waals surface area contributed by atoms with Gasteiger partial charge in [-0.05, 0) is 38.2 Å². The van der Waals surface area contributed by atoms with Gasteiger partial charge >= 0.3 is 0 Å². The molecule has 0 saturated heterocycles. The molecule has 0 unspecified atom stereocenters. The molecule has 0 aliphatic rings. The van der Waals surface area contributed by atoms with E-state index in [0.29, 0.717) is 0 Å². The number of aliphatic imine (C=N–C) groups is 1. The van der Waals surface area contributed by atoms with Crippen molar-refractivity contribution in [2.75, 3.05) is 31.6 Å². The van der Waals surface area contributed by atoms with E-state index in [2.05, 4.69) is 35.7 Å². The maximum atomic E-state index is 4.54. The Hall–Kier alpha value is -0.380. The van der Waals surface area contributed by atoms with Crippen LogP contribution in [0.25, 0.3) is 0 Å². The predicted octanol–water partition coefficient (Wildman–Crippen LogP) is 2.48. The lowest BCUT2D eigenvalue weighted by Crippen LogP contribution is -2.37. The highest BCUT2D eigenvalue weighted by Crippen LogP contribution is 1.98. The minimum Gasteiger partial charge on any atom is -0.357 e. The van der Waals surface area contributed by atoms with E-state index in [1.807, 2.05) is 11.8 Å². The summed E-state index contributed by atoms with van der Waals surface area (Å²) in [5.74, 6) is 2.22. The first-order valence-electron chi connectivity index (χ1n) is 6.36. The van der Waals surface area contributed by atoms with Gasteiger partial charge in [0.1, 0.15) is 0 Å². The third-order valence-corrected chi connectivity index (χ3v) is 2.89. The molecule has 0 rings (SSSR count). The Morgan fingerprint density at radius 1 is 1.12 bits per heavy atom. The highest BCUT2D eigenvalue weighted by atomic mass is 32.2. The molecule has 0 heterocycles. The lowest BCUT2D eigenvalue weighted by molar-refractivity contribution is 0.724. The van der Waals surface area contributed by atoms with Crippen molar-refractivity contribution in [3.63, 3.8) is 0 Å². The van der Waals surface area contributed by atoms with Crippen LogP contribution in [-0.4, -0.2) is 37.6 Å². The second-order valence-electron chi connectivity index (χ2n) is 3.74. The number of hydrogen-bond donors (Lipinski definition) is 2. The fourth-order valence-corrected chi connectivity index (χ4v) is 1.77. The Morgan fingerprint density at radius 2 is 1.94 bits per heavy atom. The van der Waals surface area contributed by atoms with E-state index in [0.717, 1.165) is 25.6 Å². The summed E-state index contributed by atoms with van der Waals surface area (Å²) in [6.07, 6.45) is 7.03. The first-order chi connectivity index (χ1) is 7.85. The number of hydrogen-bond acceptors (Lipinski definition) is 2. The third-order valence-electron chi connectivity index (χ3n) is 2.19. The van der Waals surface area contributed by atoms with Crippen molar-refractivity contribution in [3.05, 3.63) is 0 Å². The summed E-state index contributed by atoms with van der Waals surface area (Å²) in [4.78, 5) is 4.54. The minimum atomic E-state index is 0.933. The Kier molecular flexibility index (Phi) is 12.4. The van der Waals surface area contributed by atoms with Crippen LogP contribution in [0.3, 0.4) is 0 Å². The average Bonchev–Trinajstić information content (AvgIpc) is 2.29. The molecule has 4 heteroatoms. The molecule has 0 amide bonds. The van der Waals surface area contributed by atoms with Crippen molar-refractivity contribution in [2.24, 2.45) is 4.99 Å². The molecule has 96 valence electrons. The topological polar surface area (TPSA) is 36.4 Å². The van der Waals surface area contributed by atoms with Gasteiger partial charge in [-0.3, -0.25) is 4.99 Å². The number of nitrogens with zero attached hydrogens (tertiary/aromatic N) is 1. The van der Waals surface area contributed by atoms with Crippen molar-refractivity contribution < 1.29 is 0 Å². The number of unbranched alkanes of at least 4 members (excludes halogenated alkanes) is 2. The monoisotopic (exact) mass is 245 g/mol. The summed E-state index contributed by atoms with van der Waals surface area (Å²) in [5, 5.41) is 6.61. The van der Waals surface area contributed by atoms with Crippen molar-refractivity contribution >= 4 is 17.7 Å². The van der Waals surface area contributed by atoms with E-state index in [9.17, 15) is 0 Å². The summed E-state index contributed by atoms with van der Waals surface area (Å²) >= 11 is 1.91. The molecule has 0 bridgehead atoms. The second-order valence-corrected chi connectivity index (χ2v) is 4.73. The van der Waals surface area contributed by atoms with E-state index < -0.39 is 0 Å². The summed E-state index contributed by atoms with van der Waals surface area (Å²) < 4.78 is 0. The minimum absolute atomic E-state index is 0.933. The zero-order valence-electron chi connectivity index (χ0n) is 11.0. The van der Waals surface area contributed by atoms with Crippen molar-refractivity contribution in [1.29, 1.82) is 0 Å². The molecule has 2 N–H and O–H groups in total. The molecule has 0 saturated carbocycles. The van der Waals surface area contributed by atoms with Crippen LogP contribution in [0.4, 0.5) is 0 Å². The van der Waals surface area contributed by atoms with Gasteiger partial charge in [0.05, 0.1) is 0 Å². The molecular weight excluding hydrogens is 218 g/mol. The summed E-state index contributed by atoms with van der Waals surface area (Å²) in [6, 6.07) is 0. The first-order valence-corrected chi connectivity index (χ1v) is 7.75. The Morgan fingerprint density at radius 3 is 2.56 bits per heavy atom. The first kappa shape index (κ1) is 15.6. The van der Waals surface area contributed by atoms with E-state index in [1.54, 1.807) is 0 Å². The highest BCUT2D eigenvalue weighted by molar-refractivity contribution is 7.98. The van der Waals surface area contributed by atoms with Gasteiger partial charge < -0.3 is 10.6 Å². The maximum Gasteiger partial charge on any atom is 0.191 e. The second kappa shape index (κ2) is 12.7. The molecule has 16 heavy (non-hydrogen) atoms. The largest absolute Gasteiger partial charge is 0.357 e. The molecule has 0 aromatic carbocycles. The molecule has 0 fully saturated rings. The van der Waals surface area contributed by atoms with Gasteiger partial charge in [0.15, 0.2) is 5.96 Å². The van der Waals surface area contributed by atoms with Gasteiger partial charge in [0.25, 0.3) is 0 Å². The highest BCUT2D eigenvalue weighted by Gasteiger charge is 1.95. The van der Waals surface area contributed by atoms with Crippen LogP contribution in [0.5, 0.6) is 0 Å². The van der Waals surface area contributed by atoms with Crippen LogP contribution in [0.1, 0.15) is 39.5 Å². The predicted molar refractivity (Wildman–Crippen MR) is 76.5 cm³/mol. The van der Waals surface area contributed by atoms with Gasteiger partial charge in [0.2, 0.25) is 0 Å². The van der Waals surface area contributed by atoms with Crippen LogP contribution in [0, 0.1) is 0 Å². The lowest BCUT2D eigenvalue weighted by Gasteiger charge is -2.10. The lowest BCUT2D eigenvalue weighted by atomic mass is 10.3. The van der Waals surface area contributed by atoms with Gasteiger partial charge in [0, 0.05) is 19.6 Å². The number of rotatable bonds is 9. The zero-order valence-corrected chi connectivity index (χ0v) is 11.8. The van der Waals surface area contributed by atoms with Gasteiger partial charge in [-0.1, -0.05) is 13.3 Å². The van der Waals surface area contributed by atoms with Gasteiger partial charge in [-0.15, -0.1) is 0 Å². The van der Waals surface area contributed by atoms with Crippen LogP contribution in [0.2, 0.25) is 0 Å². The van der Waals surface area contributed by atoms with Gasteiger partial charge in [-0.25, -0.2) is 0 Å². The molecule has 0 atom stereocenters. The Labute approximate surface area is 105 Å². The van der Waals surface area contributed by atoms with E-state index >= 15 is 0 Å². The summed E-state index contributed by atoms with van der Waals surface area (Å²) in [7, 11) is 0. The zero-order chi connectivity index (χ0) is 12.1. The molecule has 0 aromatic heterocycles. The summed E-state index contributed by atoms with van der Waals surface area (Å²) in [5.41, 5.74) is 0. The van der Waals surface area contributed by atoms with Crippen molar-refractivity contribution in [1.82, 2.24) is 10.6 Å². The number of nitrogens with one attached hydrogen (secondary N) is 2. The van der Waals surface area contributed by atoms with E-state index in [4.69, 9.17) is 0 Å². The van der Waals surface area contributed by atoms with Crippen LogP contribution < -0.4 is 10.6 Å². The SMILES string of the molecule is CCCCNC(=NCCCCSC)NCC. The molecule has 0 aliphatic carbocycles. The fraction of sp³-hybridized carbons (Fsp3) is 0.917. The summed E-state index contributed by atoms with van der Waals surface area (Å²) in [6.45, 7) is 7.19. The molecule has 0 aliphatic heterocycles. The van der Waals surface area contributed by atoms with Crippen LogP contribution in [-0.2, 0) is 0 Å². The van der Waals surface area contributed by atoms with Crippen molar-refractivity contribution in [2.45, 2.75) is 39.5 Å². The molecule has 0 spiro atoms. The molecule has 3 nitrogen and oxygen atoms in total. The number of guanidine groups is 1. The molecule has 0 aromatic rings. The Bertz CT molecular complexity index is 172. The normalized spacial score (nSPS) is 11.6. The smallest absolute Gasteiger partial charge is 0.191 e. The van der Waals surface area contributed by atoms with E-state index in [1.165, 1.54) is 31.4 Å². The number of thioether (sulfide) groups is 1. The fourth-order valence-electron chi connectivity index (χ4n) is 1.27. The molecular formula is C12H27N3S. The van der Waals surface area contributed by atoms with Crippen molar-refractivity contribution in [3.8, 4) is 0 Å². The van der Waals surface area contributed by atoms with Crippen LogP contribution >= 0.6 is 11.8 Å². The average molecular weight is 245 g/mol. The van der Waals surface area contributed by atoms with Crippen LogP contribution in [0.15, 0.2) is 4.99 Å². The molecule has 0 radical (unpaired) electrons.